The summed E-state index contributed by atoms with van der Waals surface area (Å²) in [6, 6.07) is 5.48. The third-order valence-electron chi connectivity index (χ3n) is 6.00. The van der Waals surface area contributed by atoms with Crippen LogP contribution < -0.4 is 11.1 Å². The van der Waals surface area contributed by atoms with Crippen LogP contribution >= 0.6 is 0 Å². The molecule has 4 heterocycles. The zero-order chi connectivity index (χ0) is 24.5. The zero-order valence-corrected chi connectivity index (χ0v) is 19.1. The second-order valence-electron chi connectivity index (χ2n) is 8.20. The molecule has 0 bridgehead atoms. The summed E-state index contributed by atoms with van der Waals surface area (Å²) in [6.07, 6.45) is 3.99. The quantitative estimate of drug-likeness (QED) is 0.381. The largest absolute Gasteiger partial charge is 0.423 e. The maximum absolute atomic E-state index is 13.2. The summed E-state index contributed by atoms with van der Waals surface area (Å²) in [5, 5.41) is 7.52. The number of likely N-dealkylation sites (tertiary alicyclic amines) is 1. The van der Waals surface area contributed by atoms with Crippen LogP contribution in [0.2, 0.25) is 0 Å². The number of rotatable bonds is 7. The van der Waals surface area contributed by atoms with E-state index in [0.29, 0.717) is 48.3 Å². The highest BCUT2D eigenvalue weighted by atomic mass is 16.5. The molecule has 0 aliphatic carbocycles. The Bertz CT molecular complexity index is 1440. The summed E-state index contributed by atoms with van der Waals surface area (Å²) in [4.78, 5) is 39.6. The highest BCUT2D eigenvalue weighted by Gasteiger charge is 2.31. The summed E-state index contributed by atoms with van der Waals surface area (Å²) in [6.45, 7) is 5.10. The number of nitrogens with two attached hydrogens (primary N) is 1. The van der Waals surface area contributed by atoms with E-state index in [1.54, 1.807) is 22.8 Å². The highest BCUT2D eigenvalue weighted by Crippen LogP contribution is 2.29. The number of nitrogens with zero attached hydrogens (tertiary/aromatic N) is 6. The minimum absolute atomic E-state index is 0.0376. The van der Waals surface area contributed by atoms with E-state index in [-0.39, 0.29) is 29.5 Å². The van der Waals surface area contributed by atoms with Gasteiger partial charge in [-0.25, -0.2) is 14.6 Å². The van der Waals surface area contributed by atoms with Crippen molar-refractivity contribution in [2.75, 3.05) is 37.9 Å². The number of fused-ring (bicyclic) bond motifs is 2. The summed E-state index contributed by atoms with van der Waals surface area (Å²) >= 11 is 0. The zero-order valence-electron chi connectivity index (χ0n) is 19.1. The molecule has 4 aromatic rings. The van der Waals surface area contributed by atoms with Gasteiger partial charge in [0.15, 0.2) is 16.9 Å². The molecule has 0 spiro atoms. The van der Waals surface area contributed by atoms with Gasteiger partial charge in [-0.3, -0.25) is 14.9 Å². The molecule has 0 radical (unpaired) electrons. The number of hydrogen-bond acceptors (Lipinski definition) is 9. The Morgan fingerprint density at radius 3 is 3.03 bits per heavy atom. The summed E-state index contributed by atoms with van der Waals surface area (Å²) < 4.78 is 12.4. The van der Waals surface area contributed by atoms with Gasteiger partial charge in [-0.15, -0.1) is 0 Å². The molecule has 12 nitrogen and oxygen atoms in total. The molecule has 5 rings (SSSR count). The van der Waals surface area contributed by atoms with Crippen molar-refractivity contribution in [1.82, 2.24) is 29.6 Å². The first-order chi connectivity index (χ1) is 17.0. The van der Waals surface area contributed by atoms with E-state index >= 15 is 0 Å². The number of carbonyl (C=O) groups is 2. The molecule has 1 saturated heterocycles. The lowest BCUT2D eigenvalue weighted by molar-refractivity contribution is -0.125. The van der Waals surface area contributed by atoms with Gasteiger partial charge in [0.2, 0.25) is 5.91 Å². The molecule has 1 aliphatic heterocycles. The molecule has 1 atom stereocenters. The molecular weight excluding hydrogens is 452 g/mol. The monoisotopic (exact) mass is 476 g/mol. The molecule has 1 aromatic carbocycles. The predicted molar refractivity (Wildman–Crippen MR) is 128 cm³/mol. The normalized spacial score (nSPS) is 15.7. The highest BCUT2D eigenvalue weighted by molar-refractivity contribution is 6.12. The Hall–Kier alpha value is -4.32. The van der Waals surface area contributed by atoms with Crippen LogP contribution in [0.5, 0.6) is 0 Å². The molecule has 180 valence electrons. The van der Waals surface area contributed by atoms with Crippen LogP contribution in [0.25, 0.3) is 22.1 Å². The number of benzene rings is 1. The van der Waals surface area contributed by atoms with E-state index < -0.39 is 5.91 Å². The molecule has 3 N–H and O–H groups in total. The Kier molecular flexibility index (Phi) is 5.87. The molecule has 0 saturated carbocycles. The Labute approximate surface area is 199 Å². The van der Waals surface area contributed by atoms with Crippen LogP contribution in [-0.2, 0) is 16.0 Å². The molecule has 1 unspecified atom stereocenters. The van der Waals surface area contributed by atoms with Crippen LogP contribution in [-0.4, -0.2) is 68.3 Å². The minimum atomic E-state index is -0.557. The van der Waals surface area contributed by atoms with Crippen molar-refractivity contribution >= 4 is 45.8 Å². The fraction of sp³-hybridized carbons (Fsp3) is 0.304. The second kappa shape index (κ2) is 9.14. The summed E-state index contributed by atoms with van der Waals surface area (Å²) in [5.74, 6) is -0.584. The van der Waals surface area contributed by atoms with Gasteiger partial charge < -0.3 is 19.8 Å². The van der Waals surface area contributed by atoms with Crippen LogP contribution in [0.1, 0.15) is 28.5 Å². The number of nitrogen functional groups attached to an aromatic ring is 1. The molecular formula is C23H24N8O4. The maximum atomic E-state index is 13.2. The standard InChI is InChI=1S/C23H24N8O4/c1-3-17(32)30-8-6-14(11-30)31-21-18(20(24)25-12-26-21)19(29-31)22(33)28-23-27-15-10-13(7-9-34-2)4-5-16(15)35-23/h3-5,10,12,14H,1,6-9,11H2,2H3,(H2,24,25,26)(H,27,28,33). The van der Waals surface area contributed by atoms with Crippen molar-refractivity contribution < 1.29 is 18.7 Å². The van der Waals surface area contributed by atoms with Crippen molar-refractivity contribution in [2.24, 2.45) is 0 Å². The van der Waals surface area contributed by atoms with Gasteiger partial charge in [0, 0.05) is 20.2 Å². The van der Waals surface area contributed by atoms with Crippen molar-refractivity contribution in [3.63, 3.8) is 0 Å². The van der Waals surface area contributed by atoms with E-state index in [1.165, 1.54) is 12.4 Å². The van der Waals surface area contributed by atoms with E-state index in [2.05, 4.69) is 31.9 Å². The molecule has 1 aliphatic rings. The summed E-state index contributed by atoms with van der Waals surface area (Å²) in [5.41, 5.74) is 8.77. The number of aromatic nitrogens is 5. The second-order valence-corrected chi connectivity index (χ2v) is 8.20. The first-order valence-corrected chi connectivity index (χ1v) is 11.1. The Balaban J connectivity index is 1.44. The average Bonchev–Trinajstić information content (AvgIpc) is 3.58. The lowest BCUT2D eigenvalue weighted by Crippen LogP contribution is -2.27. The molecule has 1 fully saturated rings. The van der Waals surface area contributed by atoms with Gasteiger partial charge in [0.05, 0.1) is 18.0 Å². The van der Waals surface area contributed by atoms with E-state index in [1.807, 2.05) is 12.1 Å². The number of amides is 2. The number of anilines is 2. The minimum Gasteiger partial charge on any atom is -0.423 e. The van der Waals surface area contributed by atoms with Crippen LogP contribution in [0, 0.1) is 0 Å². The van der Waals surface area contributed by atoms with Crippen molar-refractivity contribution in [3.8, 4) is 0 Å². The topological polar surface area (TPSA) is 154 Å². The fourth-order valence-electron chi connectivity index (χ4n) is 4.24. The van der Waals surface area contributed by atoms with Crippen LogP contribution in [0.3, 0.4) is 0 Å². The van der Waals surface area contributed by atoms with E-state index in [9.17, 15) is 9.59 Å². The lowest BCUT2D eigenvalue weighted by atomic mass is 10.1. The van der Waals surface area contributed by atoms with Gasteiger partial charge in [0.1, 0.15) is 17.7 Å². The SMILES string of the molecule is C=CC(=O)N1CCC(n2nc(C(=O)Nc3nc4cc(CCOC)ccc4o3)c3c(N)ncnc32)C1. The van der Waals surface area contributed by atoms with E-state index in [4.69, 9.17) is 14.9 Å². The van der Waals surface area contributed by atoms with Gasteiger partial charge in [-0.2, -0.15) is 10.1 Å². The third kappa shape index (κ3) is 4.19. The van der Waals surface area contributed by atoms with Gasteiger partial charge in [-0.05, 0) is 36.6 Å². The lowest BCUT2D eigenvalue weighted by Gasteiger charge is -2.14. The average molecular weight is 476 g/mol. The van der Waals surface area contributed by atoms with Crippen molar-refractivity contribution in [1.29, 1.82) is 0 Å². The number of carbonyl (C=O) groups excluding carboxylic acids is 2. The molecule has 3 aromatic heterocycles. The van der Waals surface area contributed by atoms with E-state index in [0.717, 1.165) is 12.0 Å². The number of methoxy groups -OCH3 is 1. The third-order valence-corrected chi connectivity index (χ3v) is 6.00. The molecule has 2 amide bonds. The number of ether oxygens (including phenoxy) is 1. The Morgan fingerprint density at radius 2 is 2.23 bits per heavy atom. The Morgan fingerprint density at radius 1 is 1.37 bits per heavy atom. The van der Waals surface area contributed by atoms with Crippen molar-refractivity contribution in [3.05, 3.63) is 48.4 Å². The summed E-state index contributed by atoms with van der Waals surface area (Å²) in [7, 11) is 1.65. The first kappa shape index (κ1) is 22.5. The number of nitrogens with one attached hydrogen (secondary N) is 1. The van der Waals surface area contributed by atoms with Gasteiger partial charge in [0.25, 0.3) is 5.91 Å². The van der Waals surface area contributed by atoms with Gasteiger partial charge in [-0.1, -0.05) is 12.6 Å². The fourth-order valence-corrected chi connectivity index (χ4v) is 4.24. The number of oxazole rings is 1. The molecule has 12 heteroatoms. The maximum Gasteiger partial charge on any atom is 0.302 e. The van der Waals surface area contributed by atoms with Gasteiger partial charge >= 0.3 is 6.01 Å². The predicted octanol–water partition coefficient (Wildman–Crippen LogP) is 1.95. The smallest absolute Gasteiger partial charge is 0.302 e. The molecule has 35 heavy (non-hydrogen) atoms. The number of hydrogen-bond donors (Lipinski definition) is 2. The van der Waals surface area contributed by atoms with Crippen molar-refractivity contribution in [2.45, 2.75) is 18.9 Å². The van der Waals surface area contributed by atoms with Crippen LogP contribution in [0.15, 0.2) is 41.6 Å². The first-order valence-electron chi connectivity index (χ1n) is 11.1. The van der Waals surface area contributed by atoms with Crippen LogP contribution in [0.4, 0.5) is 11.8 Å².